The Morgan fingerprint density at radius 3 is 2.93 bits per heavy atom. The van der Waals surface area contributed by atoms with Crippen molar-refractivity contribution in [2.24, 2.45) is 0 Å². The molecular formula is C10H6N2O2. The Hall–Kier alpha value is -2.28. The smallest absolute Gasteiger partial charge is 0.290 e. The zero-order chi connectivity index (χ0) is 10.1. The van der Waals surface area contributed by atoms with Crippen molar-refractivity contribution in [3.8, 4) is 11.8 Å². The third kappa shape index (κ3) is 1.12. The SMILES string of the molecule is N#Cc1cccc2cc(O)c(=O)[nH]c12. The summed E-state index contributed by atoms with van der Waals surface area (Å²) in [6, 6.07) is 8.32. The molecular weight excluding hydrogens is 180 g/mol. The van der Waals surface area contributed by atoms with Gasteiger partial charge in [0.1, 0.15) is 6.07 Å². The predicted molar refractivity (Wildman–Crippen MR) is 50.9 cm³/mol. The van der Waals surface area contributed by atoms with Crippen LogP contribution in [-0.4, -0.2) is 10.1 Å². The van der Waals surface area contributed by atoms with Gasteiger partial charge in [0.15, 0.2) is 5.75 Å². The molecule has 0 unspecified atom stereocenters. The van der Waals surface area contributed by atoms with Gasteiger partial charge in [-0.2, -0.15) is 5.26 Å². The molecule has 0 aliphatic heterocycles. The normalized spacial score (nSPS) is 9.93. The van der Waals surface area contributed by atoms with Crippen LogP contribution in [0.25, 0.3) is 10.9 Å². The highest BCUT2D eigenvalue weighted by molar-refractivity contribution is 5.84. The first kappa shape index (κ1) is 8.32. The van der Waals surface area contributed by atoms with Crippen molar-refractivity contribution in [1.29, 1.82) is 5.26 Å². The topological polar surface area (TPSA) is 76.9 Å². The van der Waals surface area contributed by atoms with Crippen molar-refractivity contribution >= 4 is 10.9 Å². The van der Waals surface area contributed by atoms with Crippen LogP contribution in [0.4, 0.5) is 0 Å². The molecule has 0 aliphatic carbocycles. The fourth-order valence-electron chi connectivity index (χ4n) is 1.31. The first-order valence-corrected chi connectivity index (χ1v) is 3.97. The van der Waals surface area contributed by atoms with Gasteiger partial charge in [-0.05, 0) is 12.1 Å². The fraction of sp³-hybridized carbons (Fsp3) is 0. The minimum absolute atomic E-state index is 0.340. The summed E-state index contributed by atoms with van der Waals surface area (Å²) in [6.45, 7) is 0. The number of hydrogen-bond acceptors (Lipinski definition) is 3. The molecule has 4 heteroatoms. The van der Waals surface area contributed by atoms with E-state index < -0.39 is 5.56 Å². The van der Waals surface area contributed by atoms with E-state index in [1.54, 1.807) is 18.2 Å². The number of pyridine rings is 1. The lowest BCUT2D eigenvalue weighted by Gasteiger charge is -1.99. The van der Waals surface area contributed by atoms with Crippen LogP contribution in [0.5, 0.6) is 5.75 Å². The molecule has 0 spiro atoms. The first-order valence-electron chi connectivity index (χ1n) is 3.97. The predicted octanol–water partition coefficient (Wildman–Crippen LogP) is 1.11. The van der Waals surface area contributed by atoms with Gasteiger partial charge in [-0.1, -0.05) is 12.1 Å². The largest absolute Gasteiger partial charge is 0.503 e. The van der Waals surface area contributed by atoms with Gasteiger partial charge in [0.2, 0.25) is 0 Å². The number of nitriles is 1. The second-order valence-electron chi connectivity index (χ2n) is 2.87. The lowest BCUT2D eigenvalue weighted by Crippen LogP contribution is -2.05. The van der Waals surface area contributed by atoms with E-state index in [1.165, 1.54) is 6.07 Å². The maximum absolute atomic E-state index is 11.1. The summed E-state index contributed by atoms with van der Waals surface area (Å²) in [4.78, 5) is 13.5. The van der Waals surface area contributed by atoms with E-state index in [9.17, 15) is 4.79 Å². The third-order valence-electron chi connectivity index (χ3n) is 1.98. The molecule has 1 aromatic heterocycles. The summed E-state index contributed by atoms with van der Waals surface area (Å²) < 4.78 is 0. The monoisotopic (exact) mass is 186 g/mol. The molecule has 2 N–H and O–H groups in total. The lowest BCUT2D eigenvalue weighted by molar-refractivity contribution is 0.468. The van der Waals surface area contributed by atoms with E-state index in [1.807, 2.05) is 6.07 Å². The Balaban J connectivity index is 2.97. The van der Waals surface area contributed by atoms with Gasteiger partial charge in [0.25, 0.3) is 5.56 Å². The second-order valence-corrected chi connectivity index (χ2v) is 2.87. The average Bonchev–Trinajstić information content (AvgIpc) is 2.19. The minimum Gasteiger partial charge on any atom is -0.503 e. The quantitative estimate of drug-likeness (QED) is 0.646. The van der Waals surface area contributed by atoms with Gasteiger partial charge < -0.3 is 10.1 Å². The molecule has 0 saturated carbocycles. The molecule has 0 amide bonds. The van der Waals surface area contributed by atoms with Gasteiger partial charge in [-0.3, -0.25) is 4.79 Å². The number of benzene rings is 1. The van der Waals surface area contributed by atoms with Crippen molar-refractivity contribution in [2.75, 3.05) is 0 Å². The summed E-state index contributed by atoms with van der Waals surface area (Å²) in [5, 5.41) is 18.6. The summed E-state index contributed by atoms with van der Waals surface area (Å²) in [6.07, 6.45) is 0. The highest BCUT2D eigenvalue weighted by atomic mass is 16.3. The van der Waals surface area contributed by atoms with Crippen LogP contribution in [0.2, 0.25) is 0 Å². The van der Waals surface area contributed by atoms with Crippen molar-refractivity contribution in [3.63, 3.8) is 0 Å². The number of para-hydroxylation sites is 1. The zero-order valence-corrected chi connectivity index (χ0v) is 7.11. The molecule has 0 fully saturated rings. The van der Waals surface area contributed by atoms with Gasteiger partial charge >= 0.3 is 0 Å². The number of hydrogen-bond donors (Lipinski definition) is 2. The van der Waals surface area contributed by atoms with E-state index >= 15 is 0 Å². The van der Waals surface area contributed by atoms with Crippen LogP contribution < -0.4 is 5.56 Å². The fourth-order valence-corrected chi connectivity index (χ4v) is 1.31. The summed E-state index contributed by atoms with van der Waals surface area (Å²) in [5.74, 6) is -0.340. The van der Waals surface area contributed by atoms with Crippen LogP contribution in [0.15, 0.2) is 29.1 Å². The van der Waals surface area contributed by atoms with Crippen molar-refractivity contribution < 1.29 is 5.11 Å². The molecule has 2 rings (SSSR count). The van der Waals surface area contributed by atoms with E-state index in [0.717, 1.165) is 0 Å². The maximum atomic E-state index is 11.1. The number of rotatable bonds is 0. The van der Waals surface area contributed by atoms with Gasteiger partial charge in [0.05, 0.1) is 11.1 Å². The number of aromatic hydroxyl groups is 1. The summed E-state index contributed by atoms with van der Waals surface area (Å²) in [7, 11) is 0. The van der Waals surface area contributed by atoms with Crippen molar-refractivity contribution in [1.82, 2.24) is 4.98 Å². The number of aromatic nitrogens is 1. The highest BCUT2D eigenvalue weighted by Gasteiger charge is 2.03. The van der Waals surface area contributed by atoms with Crippen LogP contribution >= 0.6 is 0 Å². The van der Waals surface area contributed by atoms with Crippen molar-refractivity contribution in [2.45, 2.75) is 0 Å². The number of aromatic amines is 1. The Morgan fingerprint density at radius 2 is 2.21 bits per heavy atom. The van der Waals surface area contributed by atoms with Crippen LogP contribution in [0.3, 0.4) is 0 Å². The molecule has 14 heavy (non-hydrogen) atoms. The molecule has 0 saturated heterocycles. The molecule has 0 bridgehead atoms. The third-order valence-corrected chi connectivity index (χ3v) is 1.98. The maximum Gasteiger partial charge on any atom is 0.290 e. The van der Waals surface area contributed by atoms with Crippen LogP contribution in [-0.2, 0) is 0 Å². The standard InChI is InChI=1S/C10H6N2O2/c11-5-7-3-1-2-6-4-8(13)10(14)12-9(6)7/h1-4,13H,(H,12,14). The van der Waals surface area contributed by atoms with Gasteiger partial charge in [-0.25, -0.2) is 0 Å². The van der Waals surface area contributed by atoms with Crippen LogP contribution in [0.1, 0.15) is 5.56 Å². The molecule has 0 aliphatic rings. The van der Waals surface area contributed by atoms with Gasteiger partial charge in [-0.15, -0.1) is 0 Å². The minimum atomic E-state index is -0.583. The number of fused-ring (bicyclic) bond motifs is 1. The molecule has 0 atom stereocenters. The number of nitrogens with zero attached hydrogens (tertiary/aromatic N) is 1. The average molecular weight is 186 g/mol. The van der Waals surface area contributed by atoms with E-state index in [2.05, 4.69) is 4.98 Å². The lowest BCUT2D eigenvalue weighted by atomic mass is 10.1. The van der Waals surface area contributed by atoms with E-state index in [4.69, 9.17) is 10.4 Å². The summed E-state index contributed by atoms with van der Waals surface area (Å²) >= 11 is 0. The highest BCUT2D eigenvalue weighted by Crippen LogP contribution is 2.16. The Bertz CT molecular complexity index is 593. The Labute approximate surface area is 79.0 Å². The number of H-pyrrole nitrogens is 1. The molecule has 2 aromatic rings. The Morgan fingerprint density at radius 1 is 1.43 bits per heavy atom. The molecule has 68 valence electrons. The Kier molecular flexibility index (Phi) is 1.72. The van der Waals surface area contributed by atoms with E-state index in [-0.39, 0.29) is 5.75 Å². The molecule has 0 radical (unpaired) electrons. The van der Waals surface area contributed by atoms with Gasteiger partial charge in [0, 0.05) is 5.39 Å². The van der Waals surface area contributed by atoms with Crippen LogP contribution in [0, 0.1) is 11.3 Å². The van der Waals surface area contributed by atoms with E-state index in [0.29, 0.717) is 16.5 Å². The molecule has 1 aromatic carbocycles. The first-order chi connectivity index (χ1) is 6.72. The molecule has 1 heterocycles. The zero-order valence-electron chi connectivity index (χ0n) is 7.11. The molecule has 4 nitrogen and oxygen atoms in total. The van der Waals surface area contributed by atoms with Crippen molar-refractivity contribution in [3.05, 3.63) is 40.2 Å². The summed E-state index contributed by atoms with van der Waals surface area (Å²) in [5.41, 5.74) is 0.262. The number of nitrogens with one attached hydrogen (secondary N) is 1. The second kappa shape index (κ2) is 2.89.